The topological polar surface area (TPSA) is 79.0 Å². The van der Waals surface area contributed by atoms with Crippen LogP contribution in [0.5, 0.6) is 0 Å². The van der Waals surface area contributed by atoms with Crippen molar-refractivity contribution in [3.8, 4) is 0 Å². The molecule has 2 saturated heterocycles. The zero-order valence-electron chi connectivity index (χ0n) is 13.1. The summed E-state index contributed by atoms with van der Waals surface area (Å²) in [6, 6.07) is 0. The number of nitrogens with zero attached hydrogens (tertiary/aromatic N) is 2. The van der Waals surface area contributed by atoms with Gasteiger partial charge in [0.15, 0.2) is 0 Å². The molecule has 0 saturated carbocycles. The van der Waals surface area contributed by atoms with Crippen LogP contribution in [0.3, 0.4) is 0 Å². The highest BCUT2D eigenvalue weighted by atomic mass is 32.2. The predicted molar refractivity (Wildman–Crippen MR) is 84.1 cm³/mol. The number of sulfonamides is 1. The summed E-state index contributed by atoms with van der Waals surface area (Å²) in [6.45, 7) is 5.79. The summed E-state index contributed by atoms with van der Waals surface area (Å²) in [5.74, 6) is -0.273. The van der Waals surface area contributed by atoms with Crippen LogP contribution in [0.15, 0.2) is 0 Å². The molecule has 1 amide bonds. The number of amides is 1. The highest BCUT2D eigenvalue weighted by molar-refractivity contribution is 7.89. The Morgan fingerprint density at radius 3 is 2.41 bits per heavy atom. The van der Waals surface area contributed by atoms with Crippen LogP contribution in [0.1, 0.15) is 25.7 Å². The molecule has 0 radical (unpaired) electrons. The number of hydrogen-bond donors (Lipinski definition) is 1. The number of carbonyl (C=O) groups excluding carboxylic acids is 1. The molecule has 2 heterocycles. The van der Waals surface area contributed by atoms with Crippen LogP contribution >= 0.6 is 0 Å². The number of morpholine rings is 1. The van der Waals surface area contributed by atoms with E-state index in [4.69, 9.17) is 4.74 Å². The van der Waals surface area contributed by atoms with Crippen molar-refractivity contribution in [2.75, 3.05) is 58.2 Å². The molecule has 8 heteroatoms. The second-order valence-electron chi connectivity index (χ2n) is 5.83. The number of carbonyl (C=O) groups is 1. The van der Waals surface area contributed by atoms with Crippen LogP contribution in [0.4, 0.5) is 0 Å². The highest BCUT2D eigenvalue weighted by Gasteiger charge is 2.24. The molecular formula is C14H27N3O4S. The van der Waals surface area contributed by atoms with E-state index in [1.54, 1.807) is 0 Å². The van der Waals surface area contributed by atoms with Crippen molar-refractivity contribution in [1.82, 2.24) is 14.5 Å². The summed E-state index contributed by atoms with van der Waals surface area (Å²) < 4.78 is 31.1. The lowest BCUT2D eigenvalue weighted by Crippen LogP contribution is -2.42. The van der Waals surface area contributed by atoms with Crippen molar-refractivity contribution >= 4 is 15.9 Å². The zero-order valence-corrected chi connectivity index (χ0v) is 13.9. The van der Waals surface area contributed by atoms with Gasteiger partial charge in [0, 0.05) is 45.7 Å². The molecule has 22 heavy (non-hydrogen) atoms. The third-order valence-electron chi connectivity index (χ3n) is 4.15. The third kappa shape index (κ3) is 5.83. The minimum Gasteiger partial charge on any atom is -0.379 e. The lowest BCUT2D eigenvalue weighted by molar-refractivity contribution is -0.120. The fourth-order valence-corrected chi connectivity index (χ4v) is 4.28. The average molecular weight is 333 g/mol. The van der Waals surface area contributed by atoms with E-state index in [9.17, 15) is 13.2 Å². The van der Waals surface area contributed by atoms with Gasteiger partial charge in [-0.3, -0.25) is 9.69 Å². The van der Waals surface area contributed by atoms with E-state index < -0.39 is 10.0 Å². The van der Waals surface area contributed by atoms with Gasteiger partial charge < -0.3 is 10.1 Å². The van der Waals surface area contributed by atoms with Crippen molar-refractivity contribution in [3.05, 3.63) is 0 Å². The van der Waals surface area contributed by atoms with Gasteiger partial charge in [0.25, 0.3) is 0 Å². The van der Waals surface area contributed by atoms with Crippen molar-refractivity contribution in [1.29, 1.82) is 0 Å². The Bertz CT molecular complexity index is 443. The standard InChI is InChI=1S/C14H27N3O4S/c18-14(15-5-8-16-9-11-21-12-10-16)4-13-22(19,20)17-6-2-1-3-7-17/h1-13H2,(H,15,18). The normalized spacial score (nSPS) is 21.6. The molecule has 0 aromatic carbocycles. The minimum atomic E-state index is -3.28. The van der Waals surface area contributed by atoms with Gasteiger partial charge in [0.05, 0.1) is 19.0 Å². The molecule has 0 unspecified atom stereocenters. The van der Waals surface area contributed by atoms with Crippen LogP contribution < -0.4 is 5.32 Å². The molecule has 0 atom stereocenters. The van der Waals surface area contributed by atoms with Gasteiger partial charge in [-0.15, -0.1) is 0 Å². The van der Waals surface area contributed by atoms with Gasteiger partial charge in [-0.2, -0.15) is 0 Å². The first-order chi connectivity index (χ1) is 10.6. The lowest BCUT2D eigenvalue weighted by atomic mass is 10.2. The van der Waals surface area contributed by atoms with Gasteiger partial charge >= 0.3 is 0 Å². The van der Waals surface area contributed by atoms with Crippen molar-refractivity contribution in [2.45, 2.75) is 25.7 Å². The fourth-order valence-electron chi connectivity index (χ4n) is 2.76. The number of rotatable bonds is 7. The number of hydrogen-bond acceptors (Lipinski definition) is 5. The summed E-state index contributed by atoms with van der Waals surface area (Å²) in [6.07, 6.45) is 2.98. The average Bonchev–Trinajstić information content (AvgIpc) is 2.55. The van der Waals surface area contributed by atoms with E-state index in [0.717, 1.165) is 52.1 Å². The molecule has 2 aliphatic rings. The predicted octanol–water partition coefficient (Wildman–Crippen LogP) is -0.359. The first kappa shape index (κ1) is 17.7. The van der Waals surface area contributed by atoms with Gasteiger partial charge in [0.2, 0.25) is 15.9 Å². The van der Waals surface area contributed by atoms with E-state index in [1.165, 1.54) is 4.31 Å². The second kappa shape index (κ2) is 8.81. The zero-order chi connectivity index (χ0) is 15.8. The Morgan fingerprint density at radius 1 is 1.05 bits per heavy atom. The van der Waals surface area contributed by atoms with Gasteiger partial charge in [-0.1, -0.05) is 6.42 Å². The number of piperidine rings is 1. The molecule has 128 valence electrons. The number of nitrogens with one attached hydrogen (secondary N) is 1. The van der Waals surface area contributed by atoms with E-state index in [2.05, 4.69) is 10.2 Å². The van der Waals surface area contributed by atoms with E-state index in [1.807, 2.05) is 0 Å². The Kier molecular flexibility index (Phi) is 7.07. The molecule has 0 spiro atoms. The Labute approximate surface area is 133 Å². The quantitative estimate of drug-likeness (QED) is 0.688. The molecule has 2 fully saturated rings. The van der Waals surface area contributed by atoms with Gasteiger partial charge in [0.1, 0.15) is 0 Å². The van der Waals surface area contributed by atoms with Crippen molar-refractivity contribution in [3.63, 3.8) is 0 Å². The van der Waals surface area contributed by atoms with Crippen LogP contribution in [0, 0.1) is 0 Å². The molecule has 2 rings (SSSR count). The monoisotopic (exact) mass is 333 g/mol. The number of ether oxygens (including phenoxy) is 1. The van der Waals surface area contributed by atoms with Gasteiger partial charge in [-0.05, 0) is 12.8 Å². The maximum absolute atomic E-state index is 12.1. The van der Waals surface area contributed by atoms with E-state index in [0.29, 0.717) is 19.6 Å². The van der Waals surface area contributed by atoms with Crippen LogP contribution in [-0.4, -0.2) is 81.8 Å². The van der Waals surface area contributed by atoms with Crippen LogP contribution in [-0.2, 0) is 19.6 Å². The summed E-state index contributed by atoms with van der Waals surface area (Å²) in [5, 5.41) is 2.80. The summed E-state index contributed by atoms with van der Waals surface area (Å²) >= 11 is 0. The second-order valence-corrected chi connectivity index (χ2v) is 7.92. The minimum absolute atomic E-state index is 0.0436. The molecule has 0 bridgehead atoms. The fraction of sp³-hybridized carbons (Fsp3) is 0.929. The third-order valence-corrected chi connectivity index (χ3v) is 6.02. The Hall–Kier alpha value is -0.700. The molecule has 2 aliphatic heterocycles. The summed E-state index contributed by atoms with van der Waals surface area (Å²) in [5.41, 5.74) is 0. The Morgan fingerprint density at radius 2 is 1.73 bits per heavy atom. The summed E-state index contributed by atoms with van der Waals surface area (Å²) in [4.78, 5) is 14.0. The molecule has 0 aromatic heterocycles. The maximum atomic E-state index is 12.1. The largest absolute Gasteiger partial charge is 0.379 e. The first-order valence-electron chi connectivity index (χ1n) is 8.12. The highest BCUT2D eigenvalue weighted by Crippen LogP contribution is 2.13. The molecule has 0 aliphatic carbocycles. The molecule has 1 N–H and O–H groups in total. The molecule has 0 aromatic rings. The maximum Gasteiger partial charge on any atom is 0.221 e. The smallest absolute Gasteiger partial charge is 0.221 e. The van der Waals surface area contributed by atoms with Gasteiger partial charge in [-0.25, -0.2) is 12.7 Å². The van der Waals surface area contributed by atoms with E-state index >= 15 is 0 Å². The molecular weight excluding hydrogens is 306 g/mol. The SMILES string of the molecule is O=C(CCS(=O)(=O)N1CCCCC1)NCCN1CCOCC1. The van der Waals surface area contributed by atoms with Crippen LogP contribution in [0.25, 0.3) is 0 Å². The Balaban J connectivity index is 1.62. The lowest BCUT2D eigenvalue weighted by Gasteiger charge is -2.26. The summed E-state index contributed by atoms with van der Waals surface area (Å²) in [7, 11) is -3.28. The van der Waals surface area contributed by atoms with E-state index in [-0.39, 0.29) is 18.1 Å². The van der Waals surface area contributed by atoms with Crippen LogP contribution in [0.2, 0.25) is 0 Å². The van der Waals surface area contributed by atoms with Crippen molar-refractivity contribution in [2.24, 2.45) is 0 Å². The molecule has 7 nitrogen and oxygen atoms in total. The van der Waals surface area contributed by atoms with Crippen molar-refractivity contribution < 1.29 is 17.9 Å². The first-order valence-corrected chi connectivity index (χ1v) is 9.73.